The first kappa shape index (κ1) is 98.9. The van der Waals surface area contributed by atoms with Crippen LogP contribution in [0.4, 0.5) is 0 Å². The van der Waals surface area contributed by atoms with E-state index in [1.165, 1.54) is 70.6 Å². The number of phosphoric ester groups is 2. The number of carbonyl (C=O) groups is 4. The molecule has 0 aromatic heterocycles. The van der Waals surface area contributed by atoms with Gasteiger partial charge in [0.2, 0.25) is 0 Å². The number of allylic oxidation sites excluding steroid dienone is 24. The molecule has 0 spiro atoms. The number of carbonyl (C=O) groups excluding carboxylic acids is 4. The van der Waals surface area contributed by atoms with E-state index in [-0.39, 0.29) is 25.7 Å². The number of ether oxygens (including phenoxy) is 4. The highest BCUT2D eigenvalue weighted by Crippen LogP contribution is 2.45. The third kappa shape index (κ3) is 75.2. The van der Waals surface area contributed by atoms with Crippen molar-refractivity contribution in [3.05, 3.63) is 146 Å². The average molecular weight is 1500 g/mol. The van der Waals surface area contributed by atoms with Crippen molar-refractivity contribution in [3.63, 3.8) is 0 Å². The molecule has 0 aliphatic heterocycles. The summed E-state index contributed by atoms with van der Waals surface area (Å²) in [5.41, 5.74) is 0. The maximum absolute atomic E-state index is 13.1. The van der Waals surface area contributed by atoms with Crippen molar-refractivity contribution >= 4 is 39.5 Å². The topological polar surface area (TPSA) is 237 Å². The molecule has 0 saturated carbocycles. The Morgan fingerprint density at radius 3 is 0.846 bits per heavy atom. The summed E-state index contributed by atoms with van der Waals surface area (Å²) in [6.45, 7) is 4.50. The second kappa shape index (κ2) is 76.1. The molecule has 0 bridgehead atoms. The highest BCUT2D eigenvalue weighted by molar-refractivity contribution is 7.47. The van der Waals surface area contributed by atoms with Gasteiger partial charge in [0, 0.05) is 25.7 Å². The van der Waals surface area contributed by atoms with E-state index in [4.69, 9.17) is 37.0 Å². The normalized spacial score (nSPS) is 14.6. The Hall–Kier alpha value is -5.06. The molecule has 0 saturated heterocycles. The molecule has 3 N–H and O–H groups in total. The number of aliphatic hydroxyl groups excluding tert-OH is 1. The molecule has 17 nitrogen and oxygen atoms in total. The Balaban J connectivity index is 5.45. The fraction of sp³-hybridized carbons (Fsp3) is 0.671. The predicted molar refractivity (Wildman–Crippen MR) is 427 cm³/mol. The van der Waals surface area contributed by atoms with Crippen molar-refractivity contribution < 1.29 is 80.2 Å². The highest BCUT2D eigenvalue weighted by Gasteiger charge is 2.30. The van der Waals surface area contributed by atoms with Crippen LogP contribution in [0.2, 0.25) is 0 Å². The number of phosphoric acid groups is 2. The molecule has 0 aliphatic rings. The Morgan fingerprint density at radius 2 is 0.510 bits per heavy atom. The summed E-state index contributed by atoms with van der Waals surface area (Å²) in [5.74, 6) is -2.30. The van der Waals surface area contributed by atoms with Crippen LogP contribution in [0.25, 0.3) is 0 Å². The fourth-order valence-corrected chi connectivity index (χ4v) is 11.8. The lowest BCUT2D eigenvalue weighted by Crippen LogP contribution is -2.30. The maximum atomic E-state index is 13.1. The van der Waals surface area contributed by atoms with E-state index in [0.29, 0.717) is 32.1 Å². The van der Waals surface area contributed by atoms with Gasteiger partial charge in [0.15, 0.2) is 12.2 Å². The lowest BCUT2D eigenvalue weighted by atomic mass is 10.0. The van der Waals surface area contributed by atoms with Crippen molar-refractivity contribution in [1.82, 2.24) is 0 Å². The van der Waals surface area contributed by atoms with Crippen LogP contribution in [0.5, 0.6) is 0 Å². The Kier molecular flexibility index (Phi) is 72.4. The molecule has 0 fully saturated rings. The zero-order chi connectivity index (χ0) is 76.0. The van der Waals surface area contributed by atoms with Crippen molar-refractivity contribution in [1.29, 1.82) is 0 Å². The smallest absolute Gasteiger partial charge is 0.462 e. The summed E-state index contributed by atoms with van der Waals surface area (Å²) in [6, 6.07) is 0. The Labute approximate surface area is 630 Å². The van der Waals surface area contributed by atoms with Gasteiger partial charge in [-0.25, -0.2) is 9.13 Å². The lowest BCUT2D eigenvalue weighted by molar-refractivity contribution is -0.161. The van der Waals surface area contributed by atoms with E-state index in [9.17, 15) is 43.2 Å². The molecule has 5 atom stereocenters. The van der Waals surface area contributed by atoms with Crippen LogP contribution in [-0.4, -0.2) is 96.7 Å². The number of hydrogen-bond donors (Lipinski definition) is 3. The van der Waals surface area contributed by atoms with Gasteiger partial charge in [-0.15, -0.1) is 0 Å². The first-order valence-electron chi connectivity index (χ1n) is 40.1. The van der Waals surface area contributed by atoms with Crippen LogP contribution in [-0.2, 0) is 65.4 Å². The van der Waals surface area contributed by atoms with Gasteiger partial charge < -0.3 is 33.8 Å². The van der Waals surface area contributed by atoms with Gasteiger partial charge in [0.05, 0.1) is 26.4 Å². The van der Waals surface area contributed by atoms with E-state index < -0.39 is 97.5 Å². The highest BCUT2D eigenvalue weighted by atomic mass is 31.2. The number of esters is 4. The molecule has 0 radical (unpaired) electrons. The zero-order valence-electron chi connectivity index (χ0n) is 64.9. The van der Waals surface area contributed by atoms with Gasteiger partial charge >= 0.3 is 39.5 Å². The van der Waals surface area contributed by atoms with Crippen LogP contribution < -0.4 is 0 Å². The first-order valence-corrected chi connectivity index (χ1v) is 43.1. The van der Waals surface area contributed by atoms with Crippen molar-refractivity contribution in [2.24, 2.45) is 0 Å². The summed E-state index contributed by atoms with van der Waals surface area (Å²) in [5, 5.41) is 10.6. The zero-order valence-corrected chi connectivity index (χ0v) is 66.7. The van der Waals surface area contributed by atoms with Crippen LogP contribution in [0, 0.1) is 0 Å². The largest absolute Gasteiger partial charge is 0.472 e. The SMILES string of the molecule is CC/C=C\C/C=C\C/C=C\C/C=C\C/C=C\CCCC(=O)OC(COC(=O)CCCCCCCC/C=C\C/C=C\C/C=C\CCCCC)COP(=O)(O)OCC(O)COP(=O)(O)OCC(COC(=O)CCCC/C=C\C/C=C\C/C=C\C/C=C\CC)OC(=O)CCCCCCCCCCCCCCC. The van der Waals surface area contributed by atoms with Gasteiger partial charge in [-0.05, 0) is 141 Å². The standard InChI is InChI=1S/C85H142O17P2/c1-5-9-13-17-21-25-29-33-36-38-39-41-43-47-50-54-58-62-66-70-83(88)96-76-81(102-85(90)72-68-64-60-56-52-48-44-40-37-34-30-26-22-18-14-10-6-2)78-100-104(93,94)98-74-79(86)73-97-103(91,92)99-77-80(101-84(89)71-67-63-59-55-51-45-32-28-24-20-16-12-8-4)75-95-82(87)69-65-61-57-53-49-46-42-35-31-27-23-19-15-11-7-3/h10-11,14-15,21-23,25-27,33-37,39,41-42,44,48-49,53,56,60,79-81,86H,5-9,12-13,16-20,24,28-32,38,40,43,45-47,50-52,54-55,57-59,61-78H2,1-4H3,(H,91,92)(H,93,94)/b14-10-,15-11-,25-21-,26-22-,27-23-,36-33-,37-34-,41-39-,42-35-,48-44-,53-49-,60-56-. The minimum absolute atomic E-state index is 0.00899. The number of hydrogen-bond acceptors (Lipinski definition) is 15. The summed E-state index contributed by atoms with van der Waals surface area (Å²) >= 11 is 0. The van der Waals surface area contributed by atoms with Gasteiger partial charge in [-0.1, -0.05) is 289 Å². The summed E-state index contributed by atoms with van der Waals surface area (Å²) < 4.78 is 68.5. The quantitative estimate of drug-likeness (QED) is 0.0169. The molecular weight excluding hydrogens is 1350 g/mol. The summed E-state index contributed by atoms with van der Waals surface area (Å²) in [6.07, 6.45) is 86.9. The Morgan fingerprint density at radius 1 is 0.279 bits per heavy atom. The monoisotopic (exact) mass is 1500 g/mol. The summed E-state index contributed by atoms with van der Waals surface area (Å²) in [4.78, 5) is 73.0. The van der Waals surface area contributed by atoms with Crippen molar-refractivity contribution in [3.8, 4) is 0 Å². The molecule has 0 amide bonds. The lowest BCUT2D eigenvalue weighted by Gasteiger charge is -2.21. The minimum Gasteiger partial charge on any atom is -0.462 e. The maximum Gasteiger partial charge on any atom is 0.472 e. The van der Waals surface area contributed by atoms with Gasteiger partial charge in [-0.3, -0.25) is 37.3 Å². The Bertz CT molecular complexity index is 2540. The molecule has 0 rings (SSSR count). The van der Waals surface area contributed by atoms with Crippen molar-refractivity contribution in [2.45, 2.75) is 329 Å². The summed E-state index contributed by atoms with van der Waals surface area (Å²) in [7, 11) is -10.00. The van der Waals surface area contributed by atoms with Crippen LogP contribution >= 0.6 is 15.6 Å². The minimum atomic E-state index is -5.00. The number of unbranched alkanes of at least 4 members (excludes halogenated alkanes) is 24. The molecule has 104 heavy (non-hydrogen) atoms. The van der Waals surface area contributed by atoms with Crippen molar-refractivity contribution in [2.75, 3.05) is 39.6 Å². The third-order valence-corrected chi connectivity index (χ3v) is 18.2. The van der Waals surface area contributed by atoms with E-state index in [2.05, 4.69) is 161 Å². The predicted octanol–water partition coefficient (Wildman–Crippen LogP) is 23.4. The van der Waals surface area contributed by atoms with Crippen LogP contribution in [0.3, 0.4) is 0 Å². The van der Waals surface area contributed by atoms with Crippen LogP contribution in [0.15, 0.2) is 146 Å². The van der Waals surface area contributed by atoms with Gasteiger partial charge in [0.25, 0.3) is 0 Å². The molecule has 19 heteroatoms. The van der Waals surface area contributed by atoms with Crippen LogP contribution in [0.1, 0.15) is 310 Å². The van der Waals surface area contributed by atoms with Gasteiger partial charge in [0.1, 0.15) is 19.3 Å². The molecular formula is C85H142O17P2. The van der Waals surface area contributed by atoms with E-state index in [1.54, 1.807) is 0 Å². The van der Waals surface area contributed by atoms with E-state index in [1.807, 2.05) is 12.2 Å². The molecule has 0 heterocycles. The molecule has 5 unspecified atom stereocenters. The van der Waals surface area contributed by atoms with E-state index in [0.717, 1.165) is 154 Å². The number of rotatable bonds is 74. The van der Waals surface area contributed by atoms with E-state index >= 15 is 0 Å². The number of aliphatic hydroxyl groups is 1. The average Bonchev–Trinajstić information content (AvgIpc) is 0.917. The fourth-order valence-electron chi connectivity index (χ4n) is 10.3. The first-order chi connectivity index (χ1) is 50.7. The van der Waals surface area contributed by atoms with Gasteiger partial charge in [-0.2, -0.15) is 0 Å². The molecule has 0 aromatic rings. The second-order valence-electron chi connectivity index (χ2n) is 26.2. The second-order valence-corrected chi connectivity index (χ2v) is 29.2. The molecule has 0 aliphatic carbocycles. The molecule has 0 aromatic carbocycles. The molecule has 594 valence electrons. The third-order valence-electron chi connectivity index (χ3n) is 16.3.